The fraction of sp³-hybridized carbons (Fsp3) is 0.375. The summed E-state index contributed by atoms with van der Waals surface area (Å²) in [5.74, 6) is -5.35. The number of carbonyl (C=O) groups is 1. The summed E-state index contributed by atoms with van der Waals surface area (Å²) in [5, 5.41) is 12.3. The number of aliphatic hydroxyl groups excluding tert-OH is 1. The highest BCUT2D eigenvalue weighted by Crippen LogP contribution is 2.30. The van der Waals surface area contributed by atoms with Gasteiger partial charge in [0.15, 0.2) is 17.5 Å². The fourth-order valence-corrected chi connectivity index (χ4v) is 5.65. The summed E-state index contributed by atoms with van der Waals surface area (Å²) in [7, 11) is -3.93. The third-order valence-electron chi connectivity index (χ3n) is 5.66. The molecule has 0 bridgehead atoms. The van der Waals surface area contributed by atoms with E-state index in [1.165, 1.54) is 18.2 Å². The van der Waals surface area contributed by atoms with E-state index in [9.17, 15) is 31.5 Å². The van der Waals surface area contributed by atoms with Crippen LogP contribution in [-0.2, 0) is 16.3 Å². The Bertz CT molecular complexity index is 1160. The quantitative estimate of drug-likeness (QED) is 0.569. The van der Waals surface area contributed by atoms with E-state index in [4.69, 9.17) is 0 Å². The molecule has 0 saturated carbocycles. The van der Waals surface area contributed by atoms with E-state index in [-0.39, 0.29) is 27.5 Å². The first kappa shape index (κ1) is 25.0. The molecular weight excluding hydrogens is 455 g/mol. The van der Waals surface area contributed by atoms with Crippen molar-refractivity contribution in [1.29, 1.82) is 0 Å². The first-order valence-electron chi connectivity index (χ1n) is 10.8. The normalized spacial score (nSPS) is 17.5. The van der Waals surface area contributed by atoms with Crippen LogP contribution in [0.15, 0.2) is 46.2 Å². The zero-order valence-corrected chi connectivity index (χ0v) is 19.0. The molecule has 0 spiro atoms. The van der Waals surface area contributed by atoms with Gasteiger partial charge in [-0.25, -0.2) is 21.6 Å². The van der Waals surface area contributed by atoms with Crippen LogP contribution in [0.4, 0.5) is 18.9 Å². The second-order valence-corrected chi connectivity index (χ2v) is 10.0. The number of halogens is 3. The molecule has 3 rings (SSSR count). The molecule has 1 aliphatic carbocycles. The molecule has 1 amide bonds. The first-order valence-corrected chi connectivity index (χ1v) is 12.3. The molecule has 1 unspecified atom stereocenters. The van der Waals surface area contributed by atoms with E-state index in [2.05, 4.69) is 5.32 Å². The average molecular weight is 482 g/mol. The Balaban J connectivity index is 1.96. The van der Waals surface area contributed by atoms with Crippen molar-refractivity contribution in [2.45, 2.75) is 62.9 Å². The number of nitrogens with one attached hydrogen (secondary N) is 1. The first-order chi connectivity index (χ1) is 15.6. The van der Waals surface area contributed by atoms with Gasteiger partial charge in [0.2, 0.25) is 9.84 Å². The number of sulfone groups is 1. The Morgan fingerprint density at radius 1 is 1.09 bits per heavy atom. The van der Waals surface area contributed by atoms with Crippen molar-refractivity contribution < 1.29 is 31.5 Å². The Morgan fingerprint density at radius 2 is 1.79 bits per heavy atom. The largest absolute Gasteiger partial charge is 0.393 e. The SMILES string of the molecule is CCc1ccc(C(=O)Nc2cc(F)c(F)c(F)c2)cc1S(=O)(=O)C1=CCC(O)CCCCC1. The number of hydrogen-bond acceptors (Lipinski definition) is 4. The van der Waals surface area contributed by atoms with Gasteiger partial charge in [-0.2, -0.15) is 0 Å². The van der Waals surface area contributed by atoms with Crippen molar-refractivity contribution in [1.82, 2.24) is 0 Å². The number of carbonyl (C=O) groups excluding carboxylic acids is 1. The van der Waals surface area contributed by atoms with Crippen LogP contribution in [0.2, 0.25) is 0 Å². The molecule has 1 aliphatic rings. The lowest BCUT2D eigenvalue weighted by Crippen LogP contribution is -2.15. The molecule has 0 radical (unpaired) electrons. The van der Waals surface area contributed by atoms with E-state index in [1.54, 1.807) is 13.0 Å². The number of amides is 1. The number of benzene rings is 2. The lowest BCUT2D eigenvalue weighted by atomic mass is 10.1. The monoisotopic (exact) mass is 481 g/mol. The van der Waals surface area contributed by atoms with Crippen molar-refractivity contribution in [3.63, 3.8) is 0 Å². The lowest BCUT2D eigenvalue weighted by molar-refractivity contribution is 0.102. The third-order valence-corrected chi connectivity index (χ3v) is 7.68. The maximum atomic E-state index is 13.5. The number of anilines is 1. The van der Waals surface area contributed by atoms with Crippen molar-refractivity contribution in [3.8, 4) is 0 Å². The second-order valence-electron chi connectivity index (χ2n) is 8.05. The smallest absolute Gasteiger partial charge is 0.255 e. The minimum absolute atomic E-state index is 0.0193. The molecule has 178 valence electrons. The zero-order valence-electron chi connectivity index (χ0n) is 18.2. The highest BCUT2D eigenvalue weighted by Gasteiger charge is 2.25. The van der Waals surface area contributed by atoms with Gasteiger partial charge < -0.3 is 10.4 Å². The van der Waals surface area contributed by atoms with E-state index in [0.29, 0.717) is 43.4 Å². The maximum Gasteiger partial charge on any atom is 0.255 e. The van der Waals surface area contributed by atoms with Gasteiger partial charge in [-0.05, 0) is 49.8 Å². The van der Waals surface area contributed by atoms with Crippen LogP contribution in [0.3, 0.4) is 0 Å². The van der Waals surface area contributed by atoms with Gasteiger partial charge in [0.25, 0.3) is 5.91 Å². The molecule has 2 N–H and O–H groups in total. The van der Waals surface area contributed by atoms with Crippen LogP contribution in [0.5, 0.6) is 0 Å². The molecule has 1 atom stereocenters. The molecule has 0 aromatic heterocycles. The van der Waals surface area contributed by atoms with Crippen LogP contribution < -0.4 is 5.32 Å². The Labute approximate surface area is 191 Å². The maximum absolute atomic E-state index is 13.5. The predicted octanol–water partition coefficient (Wildman–Crippen LogP) is 5.29. The summed E-state index contributed by atoms with van der Waals surface area (Å²) in [6.07, 6.45) is 4.84. The Kier molecular flexibility index (Phi) is 7.97. The standard InChI is InChI=1S/C24H26F3NO4S/c1-2-15-8-9-16(24(30)28-17-13-20(25)23(27)21(26)14-17)12-22(15)33(31,32)19-7-5-3-4-6-18(29)10-11-19/h8-9,11-14,18,29H,2-7,10H2,1H3,(H,28,30). The van der Waals surface area contributed by atoms with Gasteiger partial charge >= 0.3 is 0 Å². The molecule has 0 fully saturated rings. The minimum atomic E-state index is -3.93. The summed E-state index contributed by atoms with van der Waals surface area (Å²) < 4.78 is 67.1. The van der Waals surface area contributed by atoms with E-state index < -0.39 is 39.3 Å². The van der Waals surface area contributed by atoms with Gasteiger partial charge in [0.05, 0.1) is 11.0 Å². The molecule has 2 aromatic rings. The Hall–Kier alpha value is -2.65. The molecular formula is C24H26F3NO4S. The summed E-state index contributed by atoms with van der Waals surface area (Å²) in [6.45, 7) is 1.79. The van der Waals surface area contributed by atoms with Crippen molar-refractivity contribution in [3.05, 3.63) is 69.9 Å². The summed E-state index contributed by atoms with van der Waals surface area (Å²) in [4.78, 5) is 12.9. The van der Waals surface area contributed by atoms with Crippen molar-refractivity contribution in [2.75, 3.05) is 5.32 Å². The van der Waals surface area contributed by atoms with Crippen LogP contribution in [0, 0.1) is 17.5 Å². The highest BCUT2D eigenvalue weighted by atomic mass is 32.2. The van der Waals surface area contributed by atoms with E-state index in [0.717, 1.165) is 12.8 Å². The minimum Gasteiger partial charge on any atom is -0.393 e. The molecule has 0 saturated heterocycles. The zero-order chi connectivity index (χ0) is 24.2. The van der Waals surface area contributed by atoms with E-state index in [1.807, 2.05) is 0 Å². The van der Waals surface area contributed by atoms with Gasteiger partial charge in [-0.1, -0.05) is 31.9 Å². The van der Waals surface area contributed by atoms with Crippen molar-refractivity contribution in [2.24, 2.45) is 0 Å². The molecule has 0 aliphatic heterocycles. The predicted molar refractivity (Wildman–Crippen MR) is 119 cm³/mol. The summed E-state index contributed by atoms with van der Waals surface area (Å²) in [5.41, 5.74) is 0.194. The van der Waals surface area contributed by atoms with Crippen LogP contribution in [0.1, 0.15) is 61.4 Å². The number of allylic oxidation sites excluding steroid dienone is 1. The van der Waals surface area contributed by atoms with E-state index >= 15 is 0 Å². The average Bonchev–Trinajstić information content (AvgIpc) is 2.89. The van der Waals surface area contributed by atoms with Gasteiger partial charge in [-0.3, -0.25) is 4.79 Å². The Morgan fingerprint density at radius 3 is 2.45 bits per heavy atom. The molecule has 2 aromatic carbocycles. The number of aliphatic hydroxyl groups is 1. The van der Waals surface area contributed by atoms with Gasteiger partial charge in [0, 0.05) is 28.3 Å². The highest BCUT2D eigenvalue weighted by molar-refractivity contribution is 7.95. The molecule has 9 heteroatoms. The molecule has 0 heterocycles. The number of aryl methyl sites for hydroxylation is 1. The number of hydrogen-bond donors (Lipinski definition) is 2. The third kappa shape index (κ3) is 5.83. The molecule has 5 nitrogen and oxygen atoms in total. The van der Waals surface area contributed by atoms with Crippen LogP contribution in [0.25, 0.3) is 0 Å². The van der Waals surface area contributed by atoms with Gasteiger partial charge in [-0.15, -0.1) is 0 Å². The number of rotatable bonds is 5. The molecule has 33 heavy (non-hydrogen) atoms. The van der Waals surface area contributed by atoms with Crippen LogP contribution >= 0.6 is 0 Å². The van der Waals surface area contributed by atoms with Crippen LogP contribution in [-0.4, -0.2) is 25.5 Å². The summed E-state index contributed by atoms with van der Waals surface area (Å²) >= 11 is 0. The topological polar surface area (TPSA) is 83.5 Å². The van der Waals surface area contributed by atoms with Crippen molar-refractivity contribution >= 4 is 21.4 Å². The van der Waals surface area contributed by atoms with Gasteiger partial charge in [0.1, 0.15) is 0 Å². The second kappa shape index (κ2) is 10.5. The fourth-order valence-electron chi connectivity index (χ4n) is 3.80. The summed E-state index contributed by atoms with van der Waals surface area (Å²) in [6, 6.07) is 5.47. The lowest BCUT2D eigenvalue weighted by Gasteiger charge is -2.15.